The molecule has 0 bridgehead atoms. The number of aromatic nitrogens is 1. The molecule has 1 aromatic rings. The number of unbranched alkanes of at least 4 members (excludes halogenated alkanes) is 1. The Balaban J connectivity index is 2.45. The number of thiazole rings is 1. The average molecular weight is 255 g/mol. The van der Waals surface area contributed by atoms with Crippen molar-refractivity contribution >= 4 is 17.2 Å². The van der Waals surface area contributed by atoms with E-state index in [2.05, 4.69) is 17.2 Å². The van der Waals surface area contributed by atoms with Gasteiger partial charge < -0.3 is 11.1 Å². The molecule has 0 saturated heterocycles. The number of amides is 1. The Kier molecular flexibility index (Phi) is 5.58. The van der Waals surface area contributed by atoms with E-state index in [9.17, 15) is 4.79 Å². The number of hydrogen-bond donors (Lipinski definition) is 2. The van der Waals surface area contributed by atoms with Crippen molar-refractivity contribution < 1.29 is 4.79 Å². The van der Waals surface area contributed by atoms with E-state index in [0.717, 1.165) is 30.0 Å². The Bertz CT molecular complexity index is 364. The van der Waals surface area contributed by atoms with Gasteiger partial charge in [0.05, 0.1) is 12.1 Å². The smallest absolute Gasteiger partial charge is 0.237 e. The molecule has 1 heterocycles. The third-order valence-electron chi connectivity index (χ3n) is 2.57. The first-order chi connectivity index (χ1) is 8.04. The molecule has 4 nitrogen and oxygen atoms in total. The van der Waals surface area contributed by atoms with Crippen LogP contribution in [0.25, 0.3) is 0 Å². The lowest BCUT2D eigenvalue weighted by Crippen LogP contribution is -2.41. The largest absolute Gasteiger partial charge is 0.346 e. The van der Waals surface area contributed by atoms with E-state index in [1.54, 1.807) is 11.3 Å². The molecule has 2 atom stereocenters. The van der Waals surface area contributed by atoms with Gasteiger partial charge in [0.15, 0.2) is 0 Å². The van der Waals surface area contributed by atoms with Gasteiger partial charge in [-0.3, -0.25) is 4.79 Å². The lowest BCUT2D eigenvalue weighted by atomic mass is 10.1. The maximum atomic E-state index is 11.8. The van der Waals surface area contributed by atoms with Crippen LogP contribution in [0, 0.1) is 6.92 Å². The number of nitrogens with two attached hydrogens (primary N) is 1. The second-order valence-electron chi connectivity index (χ2n) is 4.31. The SMILES string of the molecule is CCCCC(N)C(=O)NC(C)c1nc(C)cs1. The predicted molar refractivity (Wildman–Crippen MR) is 70.9 cm³/mol. The molecule has 0 saturated carbocycles. The van der Waals surface area contributed by atoms with Crippen molar-refractivity contribution in [3.05, 3.63) is 16.1 Å². The summed E-state index contributed by atoms with van der Waals surface area (Å²) in [6.07, 6.45) is 2.79. The molecule has 0 aromatic carbocycles. The lowest BCUT2D eigenvalue weighted by molar-refractivity contribution is -0.123. The second-order valence-corrected chi connectivity index (χ2v) is 5.20. The van der Waals surface area contributed by atoms with Gasteiger partial charge in [0, 0.05) is 11.1 Å². The molecule has 0 spiro atoms. The minimum absolute atomic E-state index is 0.0612. The zero-order valence-electron chi connectivity index (χ0n) is 10.7. The number of carbonyl (C=O) groups is 1. The van der Waals surface area contributed by atoms with Crippen LogP contribution in [0.3, 0.4) is 0 Å². The van der Waals surface area contributed by atoms with Gasteiger partial charge in [0.25, 0.3) is 0 Å². The summed E-state index contributed by atoms with van der Waals surface area (Å²) < 4.78 is 0. The minimum Gasteiger partial charge on any atom is -0.346 e. The molecular formula is C12H21N3OS. The predicted octanol–water partition coefficient (Wildman–Crippen LogP) is 2.15. The van der Waals surface area contributed by atoms with Crippen molar-refractivity contribution in [1.82, 2.24) is 10.3 Å². The highest BCUT2D eigenvalue weighted by atomic mass is 32.1. The van der Waals surface area contributed by atoms with E-state index in [1.807, 2.05) is 19.2 Å². The summed E-state index contributed by atoms with van der Waals surface area (Å²) in [6.45, 7) is 5.97. The highest BCUT2D eigenvalue weighted by Gasteiger charge is 2.17. The van der Waals surface area contributed by atoms with Crippen LogP contribution in [0.1, 0.15) is 49.9 Å². The molecule has 0 radical (unpaired) electrons. The number of rotatable bonds is 6. The van der Waals surface area contributed by atoms with Crippen LogP contribution in [-0.2, 0) is 4.79 Å². The molecule has 5 heteroatoms. The first-order valence-corrected chi connectivity index (χ1v) is 6.90. The van der Waals surface area contributed by atoms with Gasteiger partial charge in [-0.25, -0.2) is 4.98 Å². The average Bonchev–Trinajstić information content (AvgIpc) is 2.72. The van der Waals surface area contributed by atoms with E-state index < -0.39 is 6.04 Å². The maximum absolute atomic E-state index is 11.8. The van der Waals surface area contributed by atoms with Gasteiger partial charge in [-0.2, -0.15) is 0 Å². The van der Waals surface area contributed by atoms with Crippen molar-refractivity contribution in [2.75, 3.05) is 0 Å². The van der Waals surface area contributed by atoms with Crippen molar-refractivity contribution in [2.45, 2.75) is 52.1 Å². The number of hydrogen-bond acceptors (Lipinski definition) is 4. The molecule has 0 aliphatic carbocycles. The molecule has 2 unspecified atom stereocenters. The van der Waals surface area contributed by atoms with Crippen LogP contribution >= 0.6 is 11.3 Å². The first-order valence-electron chi connectivity index (χ1n) is 6.02. The summed E-state index contributed by atoms with van der Waals surface area (Å²) >= 11 is 1.56. The summed E-state index contributed by atoms with van der Waals surface area (Å²) in [5.74, 6) is -0.0844. The van der Waals surface area contributed by atoms with Crippen molar-refractivity contribution in [1.29, 1.82) is 0 Å². The third-order valence-corrected chi connectivity index (χ3v) is 3.72. The zero-order chi connectivity index (χ0) is 12.8. The van der Waals surface area contributed by atoms with Crippen LogP contribution in [0.4, 0.5) is 0 Å². The molecule has 1 rings (SSSR count). The van der Waals surface area contributed by atoms with Crippen molar-refractivity contribution in [3.8, 4) is 0 Å². The van der Waals surface area contributed by atoms with E-state index >= 15 is 0 Å². The highest BCUT2D eigenvalue weighted by molar-refractivity contribution is 7.09. The molecule has 0 aliphatic heterocycles. The molecule has 1 amide bonds. The Morgan fingerprint density at radius 3 is 2.88 bits per heavy atom. The van der Waals surface area contributed by atoms with Crippen LogP contribution in [0.2, 0.25) is 0 Å². The van der Waals surface area contributed by atoms with Crippen LogP contribution in [0.5, 0.6) is 0 Å². The molecule has 96 valence electrons. The molecule has 1 aromatic heterocycles. The maximum Gasteiger partial charge on any atom is 0.237 e. The lowest BCUT2D eigenvalue weighted by Gasteiger charge is -2.15. The Labute approximate surface area is 107 Å². The minimum atomic E-state index is -0.404. The number of nitrogens with one attached hydrogen (secondary N) is 1. The quantitative estimate of drug-likeness (QED) is 0.818. The van der Waals surface area contributed by atoms with Crippen LogP contribution < -0.4 is 11.1 Å². The summed E-state index contributed by atoms with van der Waals surface area (Å²) in [7, 11) is 0. The standard InChI is InChI=1S/C12H21N3OS/c1-4-5-6-10(13)11(16)15-9(3)12-14-8(2)7-17-12/h7,9-10H,4-6,13H2,1-3H3,(H,15,16). The fraction of sp³-hybridized carbons (Fsp3) is 0.667. The number of carbonyl (C=O) groups excluding carboxylic acids is 1. The molecular weight excluding hydrogens is 234 g/mol. The highest BCUT2D eigenvalue weighted by Crippen LogP contribution is 2.17. The Morgan fingerprint density at radius 2 is 2.35 bits per heavy atom. The summed E-state index contributed by atoms with van der Waals surface area (Å²) in [4.78, 5) is 16.1. The first kappa shape index (κ1) is 14.1. The molecule has 3 N–H and O–H groups in total. The van der Waals surface area contributed by atoms with E-state index in [4.69, 9.17) is 5.73 Å². The Morgan fingerprint density at radius 1 is 1.65 bits per heavy atom. The Hall–Kier alpha value is -0.940. The molecule has 0 aliphatic rings. The van der Waals surface area contributed by atoms with Crippen molar-refractivity contribution in [2.24, 2.45) is 5.73 Å². The summed E-state index contributed by atoms with van der Waals surface area (Å²) in [5, 5.41) is 5.81. The third kappa shape index (κ3) is 4.44. The topological polar surface area (TPSA) is 68.0 Å². The fourth-order valence-corrected chi connectivity index (χ4v) is 2.31. The summed E-state index contributed by atoms with van der Waals surface area (Å²) in [5.41, 5.74) is 6.79. The van der Waals surface area contributed by atoms with Gasteiger partial charge in [-0.1, -0.05) is 19.8 Å². The number of aryl methyl sites for hydroxylation is 1. The molecule has 0 fully saturated rings. The van der Waals surface area contributed by atoms with Crippen molar-refractivity contribution in [3.63, 3.8) is 0 Å². The van der Waals surface area contributed by atoms with Gasteiger partial charge in [0.1, 0.15) is 5.01 Å². The zero-order valence-corrected chi connectivity index (χ0v) is 11.5. The fourth-order valence-electron chi connectivity index (χ4n) is 1.51. The second kappa shape index (κ2) is 6.71. The monoisotopic (exact) mass is 255 g/mol. The number of nitrogens with zero attached hydrogens (tertiary/aromatic N) is 1. The van der Waals surface area contributed by atoms with Gasteiger partial charge in [-0.15, -0.1) is 11.3 Å². The van der Waals surface area contributed by atoms with E-state index in [1.165, 1.54) is 0 Å². The van der Waals surface area contributed by atoms with Gasteiger partial charge in [-0.05, 0) is 20.3 Å². The van der Waals surface area contributed by atoms with E-state index in [0.29, 0.717) is 0 Å². The summed E-state index contributed by atoms with van der Waals surface area (Å²) in [6, 6.07) is -0.465. The van der Waals surface area contributed by atoms with Crippen LogP contribution in [-0.4, -0.2) is 16.9 Å². The van der Waals surface area contributed by atoms with Gasteiger partial charge >= 0.3 is 0 Å². The normalized spacial score (nSPS) is 14.4. The van der Waals surface area contributed by atoms with E-state index in [-0.39, 0.29) is 11.9 Å². The van der Waals surface area contributed by atoms with Crippen LogP contribution in [0.15, 0.2) is 5.38 Å². The molecule has 17 heavy (non-hydrogen) atoms. The van der Waals surface area contributed by atoms with Gasteiger partial charge in [0.2, 0.25) is 5.91 Å².